The molecule has 0 aliphatic carbocycles. The Morgan fingerprint density at radius 1 is 1.12 bits per heavy atom. The maximum atomic E-state index is 13.2. The average Bonchev–Trinajstić information content (AvgIpc) is 3.74. The van der Waals surface area contributed by atoms with Crippen LogP contribution in [0.5, 0.6) is 0 Å². The summed E-state index contributed by atoms with van der Waals surface area (Å²) in [7, 11) is -3.74. The molecule has 2 saturated heterocycles. The van der Waals surface area contributed by atoms with Crippen LogP contribution in [0.25, 0.3) is 27.5 Å². The number of hydrogen-bond acceptors (Lipinski definition) is 11. The maximum Gasteiger partial charge on any atom is 0.276 e. The van der Waals surface area contributed by atoms with Crippen molar-refractivity contribution in [2.45, 2.75) is 55.5 Å². The minimum Gasteiger partial charge on any atom is -0.382 e. The van der Waals surface area contributed by atoms with Gasteiger partial charge in [-0.3, -0.25) is 9.78 Å². The molecule has 13 nitrogen and oxygen atoms in total. The van der Waals surface area contributed by atoms with Crippen molar-refractivity contribution < 1.29 is 13.2 Å². The van der Waals surface area contributed by atoms with Gasteiger partial charge in [0.2, 0.25) is 0 Å². The summed E-state index contributed by atoms with van der Waals surface area (Å²) in [5.41, 5.74) is 10.8. The summed E-state index contributed by atoms with van der Waals surface area (Å²) < 4.78 is 27.5. The van der Waals surface area contributed by atoms with Gasteiger partial charge in [0, 0.05) is 52.7 Å². The highest BCUT2D eigenvalue weighted by Crippen LogP contribution is 2.45. The number of rotatable bonds is 5. The van der Waals surface area contributed by atoms with Gasteiger partial charge in [-0.2, -0.15) is 25.0 Å². The minimum absolute atomic E-state index is 0.00654. The molecular weight excluding hydrogens is 564 g/mol. The van der Waals surface area contributed by atoms with E-state index in [0.29, 0.717) is 29.7 Å². The van der Waals surface area contributed by atoms with Crippen LogP contribution in [0.3, 0.4) is 0 Å². The van der Waals surface area contributed by atoms with E-state index < -0.39 is 9.84 Å². The van der Waals surface area contributed by atoms with E-state index in [1.807, 2.05) is 29.3 Å². The van der Waals surface area contributed by atoms with E-state index in [-0.39, 0.29) is 40.3 Å². The largest absolute Gasteiger partial charge is 0.382 e. The molecule has 0 aromatic carbocycles. The molecule has 3 N–H and O–H groups in total. The van der Waals surface area contributed by atoms with Crippen molar-refractivity contribution in [1.29, 1.82) is 0 Å². The van der Waals surface area contributed by atoms with Gasteiger partial charge in [-0.25, -0.2) is 18.4 Å². The Kier molecular flexibility index (Phi) is 5.90. The number of aryl methyl sites for hydroxylation is 1. The van der Waals surface area contributed by atoms with E-state index in [0.717, 1.165) is 41.1 Å². The van der Waals surface area contributed by atoms with E-state index in [9.17, 15) is 13.2 Å². The number of thiazole rings is 1. The Labute approximate surface area is 238 Å². The molecule has 7 rings (SSSR count). The lowest BCUT2D eigenvalue weighted by Crippen LogP contribution is -2.46. The molecule has 1 amide bonds. The zero-order valence-corrected chi connectivity index (χ0v) is 23.9. The molecule has 210 valence electrons. The van der Waals surface area contributed by atoms with Crippen LogP contribution >= 0.6 is 11.3 Å². The normalized spacial score (nSPS) is 20.6. The first-order valence-electron chi connectivity index (χ1n) is 13.1. The third kappa shape index (κ3) is 4.26. The third-order valence-electron chi connectivity index (χ3n) is 7.94. The topological polar surface area (TPSA) is 178 Å². The number of carbonyl (C=O) groups is 1. The number of carbonyl (C=O) groups excluding carboxylic acids is 1. The molecule has 2 bridgehead atoms. The number of nitrogens with zero attached hydrogens (tertiary/aromatic N) is 8. The quantitative estimate of drug-likeness (QED) is 0.309. The zero-order valence-electron chi connectivity index (χ0n) is 22.2. The van der Waals surface area contributed by atoms with E-state index in [4.69, 9.17) is 10.7 Å². The van der Waals surface area contributed by atoms with Crippen molar-refractivity contribution in [3.63, 3.8) is 0 Å². The van der Waals surface area contributed by atoms with Gasteiger partial charge in [-0.15, -0.1) is 11.3 Å². The Hall–Kier alpha value is -4.24. The van der Waals surface area contributed by atoms with Crippen LogP contribution in [0, 0.1) is 6.92 Å². The molecule has 41 heavy (non-hydrogen) atoms. The molecule has 2 aliphatic heterocycles. The number of nitrogens with two attached hydrogens (primary N) is 1. The lowest BCUT2D eigenvalue weighted by Gasteiger charge is -2.38. The van der Waals surface area contributed by atoms with E-state index >= 15 is 0 Å². The van der Waals surface area contributed by atoms with Gasteiger partial charge < -0.3 is 10.6 Å². The molecule has 0 unspecified atom stereocenters. The van der Waals surface area contributed by atoms with Crippen LogP contribution in [0.2, 0.25) is 0 Å². The maximum absolute atomic E-state index is 13.2. The summed E-state index contributed by atoms with van der Waals surface area (Å²) in [6.45, 7) is 1.94. The molecule has 2 aliphatic rings. The fourth-order valence-electron chi connectivity index (χ4n) is 6.20. The molecular formula is C26H26N10O3S2. The Morgan fingerprint density at radius 2 is 1.90 bits per heavy atom. The molecule has 3 atom stereocenters. The lowest BCUT2D eigenvalue weighted by atomic mass is 9.87. The van der Waals surface area contributed by atoms with Gasteiger partial charge in [-0.05, 0) is 38.7 Å². The second-order valence-corrected chi connectivity index (χ2v) is 13.4. The summed E-state index contributed by atoms with van der Waals surface area (Å²) in [4.78, 5) is 29.1. The number of nitrogen functional groups attached to an aromatic ring is 1. The Morgan fingerprint density at radius 3 is 2.51 bits per heavy atom. The van der Waals surface area contributed by atoms with Crippen molar-refractivity contribution in [2.75, 3.05) is 12.0 Å². The number of aromatic amines is 1. The number of hydrogen-bond donors (Lipinski definition) is 2. The van der Waals surface area contributed by atoms with Crippen LogP contribution in [0.1, 0.15) is 53.5 Å². The lowest BCUT2D eigenvalue weighted by molar-refractivity contribution is 0.0562. The molecule has 2 fully saturated rings. The number of amides is 1. The average molecular weight is 591 g/mol. The number of nitrogens with one attached hydrogen (secondary N) is 1. The highest BCUT2D eigenvalue weighted by atomic mass is 32.2. The highest BCUT2D eigenvalue weighted by molar-refractivity contribution is 7.91. The summed E-state index contributed by atoms with van der Waals surface area (Å²) in [5.74, 6) is -0.352. The SMILES string of the molecule is Cc1csc(-c2ccc(-c3cnn4c(N)c(S(C)(=O)=O)c([C@@H]5C[C@H]6CC[C@@H](C5)N6C(=O)c5cn[nH]n5)nc34)cn2)n1. The van der Waals surface area contributed by atoms with E-state index in [2.05, 4.69) is 30.5 Å². The molecule has 7 heterocycles. The molecule has 5 aromatic rings. The fraction of sp³-hybridized carbons (Fsp3) is 0.346. The highest BCUT2D eigenvalue weighted by Gasteiger charge is 2.46. The molecule has 0 radical (unpaired) electrons. The van der Waals surface area contributed by atoms with Crippen LogP contribution in [0.15, 0.2) is 41.0 Å². The molecule has 5 aromatic heterocycles. The summed E-state index contributed by atoms with van der Waals surface area (Å²) in [6.07, 6.45) is 8.71. The second-order valence-electron chi connectivity index (χ2n) is 10.6. The molecule has 15 heteroatoms. The zero-order chi connectivity index (χ0) is 28.5. The van der Waals surface area contributed by atoms with Gasteiger partial charge in [0.15, 0.2) is 21.2 Å². The van der Waals surface area contributed by atoms with Gasteiger partial charge in [-0.1, -0.05) is 6.07 Å². The third-order valence-corrected chi connectivity index (χ3v) is 10.1. The Bertz CT molecular complexity index is 1880. The standard InChI is InChI=1S/C26H26N10O3S2/c1-13-12-40-25(31-13)19-6-3-14(9-28-19)18-10-30-36-23(27)22(41(2,38)39)21(32-24(18)36)15-7-16-4-5-17(8-15)35(16)26(37)20-11-29-34-33-20/h3,6,9-12,15-17H,4-5,7-8,27H2,1-2H3,(H,29,33,34)/t15-,16-,17+. The number of pyridine rings is 1. The van der Waals surface area contributed by atoms with Gasteiger partial charge in [0.25, 0.3) is 5.91 Å². The minimum atomic E-state index is -3.74. The van der Waals surface area contributed by atoms with Gasteiger partial charge >= 0.3 is 0 Å². The number of anilines is 1. The number of piperidine rings is 1. The predicted octanol–water partition coefficient (Wildman–Crippen LogP) is 2.88. The number of H-pyrrole nitrogens is 1. The molecule has 0 spiro atoms. The van der Waals surface area contributed by atoms with Crippen molar-refractivity contribution in [1.82, 2.24) is 44.9 Å². The van der Waals surface area contributed by atoms with Gasteiger partial charge in [0.1, 0.15) is 15.7 Å². The Balaban J connectivity index is 1.28. The second kappa shape index (κ2) is 9.41. The van der Waals surface area contributed by atoms with Crippen LogP contribution in [0.4, 0.5) is 5.82 Å². The van der Waals surface area contributed by atoms with Crippen molar-refractivity contribution >= 4 is 38.5 Å². The first-order valence-corrected chi connectivity index (χ1v) is 15.9. The van der Waals surface area contributed by atoms with Crippen LogP contribution in [-0.4, -0.2) is 77.5 Å². The van der Waals surface area contributed by atoms with Crippen LogP contribution < -0.4 is 5.73 Å². The predicted molar refractivity (Wildman–Crippen MR) is 151 cm³/mol. The fourth-order valence-corrected chi connectivity index (χ4v) is 8.03. The smallest absolute Gasteiger partial charge is 0.276 e. The summed E-state index contributed by atoms with van der Waals surface area (Å²) in [5, 5.41) is 17.4. The number of fused-ring (bicyclic) bond motifs is 3. The molecule has 0 saturated carbocycles. The van der Waals surface area contributed by atoms with E-state index in [1.54, 1.807) is 12.4 Å². The van der Waals surface area contributed by atoms with E-state index in [1.165, 1.54) is 22.0 Å². The van der Waals surface area contributed by atoms with Crippen molar-refractivity contribution in [2.24, 2.45) is 0 Å². The first kappa shape index (κ1) is 25.7. The summed E-state index contributed by atoms with van der Waals surface area (Å²) in [6, 6.07) is 3.69. The van der Waals surface area contributed by atoms with Crippen LogP contribution in [-0.2, 0) is 9.84 Å². The first-order chi connectivity index (χ1) is 19.7. The monoisotopic (exact) mass is 590 g/mol. The number of aromatic nitrogens is 8. The summed E-state index contributed by atoms with van der Waals surface area (Å²) >= 11 is 1.53. The van der Waals surface area contributed by atoms with Crippen molar-refractivity contribution in [3.05, 3.63) is 53.2 Å². The van der Waals surface area contributed by atoms with Crippen molar-refractivity contribution in [3.8, 4) is 21.8 Å². The number of sulfone groups is 1. The van der Waals surface area contributed by atoms with Gasteiger partial charge in [0.05, 0.1) is 23.8 Å².